The maximum absolute atomic E-state index is 12.0. The van der Waals surface area contributed by atoms with Gasteiger partial charge in [-0.15, -0.1) is 11.3 Å². The average molecular weight is 353 g/mol. The largest absolute Gasteiger partial charge is 0.352 e. The van der Waals surface area contributed by atoms with Crippen LogP contribution in [0.3, 0.4) is 0 Å². The molecule has 8 heteroatoms. The van der Waals surface area contributed by atoms with Crippen LogP contribution in [0, 0.1) is 6.92 Å². The highest BCUT2D eigenvalue weighted by Gasteiger charge is 2.24. The van der Waals surface area contributed by atoms with E-state index >= 15 is 0 Å². The summed E-state index contributed by atoms with van der Waals surface area (Å²) in [5.74, 6) is -0.0195. The lowest BCUT2D eigenvalue weighted by molar-refractivity contribution is -0.119. The van der Waals surface area contributed by atoms with E-state index in [1.807, 2.05) is 6.92 Å². The molecule has 0 aromatic carbocycles. The summed E-state index contributed by atoms with van der Waals surface area (Å²) in [6, 6.07) is 1.53. The molecule has 1 aromatic heterocycles. The number of halogens is 1. The van der Waals surface area contributed by atoms with Crippen molar-refractivity contribution in [1.82, 2.24) is 10.0 Å². The van der Waals surface area contributed by atoms with Gasteiger partial charge in [0.15, 0.2) is 0 Å². The van der Waals surface area contributed by atoms with Gasteiger partial charge in [-0.05, 0) is 40.9 Å². The van der Waals surface area contributed by atoms with E-state index in [-0.39, 0.29) is 22.7 Å². The Hall–Kier alpha value is -0.440. The molecule has 1 aromatic rings. The highest BCUT2D eigenvalue weighted by atomic mass is 79.9. The molecule has 1 aliphatic rings. The fourth-order valence-electron chi connectivity index (χ4n) is 1.68. The summed E-state index contributed by atoms with van der Waals surface area (Å²) in [7, 11) is -3.48. The van der Waals surface area contributed by atoms with E-state index in [0.29, 0.717) is 12.8 Å². The first-order valence-electron chi connectivity index (χ1n) is 5.43. The lowest BCUT2D eigenvalue weighted by atomic mass is 10.2. The number of hydrogen-bond donors (Lipinski definition) is 2. The van der Waals surface area contributed by atoms with E-state index in [0.717, 1.165) is 9.35 Å². The van der Waals surface area contributed by atoms with Crippen LogP contribution >= 0.6 is 27.3 Å². The standard InChI is InChI=1S/C10H13BrN2O3S2/c1-6-4-9(17-10(6)11)18(15,16)12-5-7-2-3-8(14)13-7/h4,7,12H,2-3,5H2,1H3,(H,13,14). The van der Waals surface area contributed by atoms with E-state index < -0.39 is 10.0 Å². The zero-order valence-corrected chi connectivity index (χ0v) is 12.9. The van der Waals surface area contributed by atoms with Gasteiger partial charge in [0.2, 0.25) is 15.9 Å². The zero-order valence-electron chi connectivity index (χ0n) is 9.70. The highest BCUT2D eigenvalue weighted by Crippen LogP contribution is 2.30. The van der Waals surface area contributed by atoms with Crippen LogP contribution in [0.25, 0.3) is 0 Å². The van der Waals surface area contributed by atoms with Gasteiger partial charge in [-0.1, -0.05) is 0 Å². The number of amides is 1. The molecular weight excluding hydrogens is 340 g/mol. The molecule has 1 fully saturated rings. The second kappa shape index (κ2) is 5.28. The second-order valence-corrected chi connectivity index (χ2v) is 8.54. The Morgan fingerprint density at radius 3 is 2.83 bits per heavy atom. The number of carbonyl (C=O) groups excluding carboxylic acids is 1. The first-order valence-corrected chi connectivity index (χ1v) is 8.53. The van der Waals surface area contributed by atoms with Gasteiger partial charge in [0.1, 0.15) is 4.21 Å². The molecule has 1 unspecified atom stereocenters. The first kappa shape index (κ1) is 14.0. The van der Waals surface area contributed by atoms with Crippen molar-refractivity contribution >= 4 is 43.2 Å². The number of sulfonamides is 1. The third-order valence-electron chi connectivity index (χ3n) is 2.70. The fourth-order valence-corrected chi connectivity index (χ4v) is 5.03. The number of thiophene rings is 1. The van der Waals surface area contributed by atoms with Crippen LogP contribution in [-0.4, -0.2) is 26.9 Å². The molecule has 5 nitrogen and oxygen atoms in total. The molecule has 100 valence electrons. The molecule has 0 aliphatic carbocycles. The van der Waals surface area contributed by atoms with Crippen molar-refractivity contribution in [3.05, 3.63) is 15.4 Å². The van der Waals surface area contributed by atoms with Gasteiger partial charge in [-0.25, -0.2) is 13.1 Å². The molecule has 1 atom stereocenters. The van der Waals surface area contributed by atoms with E-state index in [1.54, 1.807) is 6.07 Å². The molecule has 1 amide bonds. The van der Waals surface area contributed by atoms with Crippen molar-refractivity contribution in [1.29, 1.82) is 0 Å². The van der Waals surface area contributed by atoms with Crippen LogP contribution in [0.1, 0.15) is 18.4 Å². The minimum Gasteiger partial charge on any atom is -0.352 e. The summed E-state index contributed by atoms with van der Waals surface area (Å²) < 4.78 is 27.6. The minimum absolute atomic E-state index is 0.0195. The van der Waals surface area contributed by atoms with Crippen molar-refractivity contribution in [2.45, 2.75) is 30.0 Å². The summed E-state index contributed by atoms with van der Waals surface area (Å²) in [5, 5.41) is 2.72. The molecular formula is C10H13BrN2O3S2. The highest BCUT2D eigenvalue weighted by molar-refractivity contribution is 9.11. The van der Waals surface area contributed by atoms with E-state index in [9.17, 15) is 13.2 Å². The van der Waals surface area contributed by atoms with Crippen molar-refractivity contribution in [3.63, 3.8) is 0 Å². The van der Waals surface area contributed by atoms with Crippen LogP contribution in [0.2, 0.25) is 0 Å². The second-order valence-electron chi connectivity index (χ2n) is 4.18. The molecule has 2 rings (SSSR count). The van der Waals surface area contributed by atoms with Gasteiger partial charge in [-0.2, -0.15) is 0 Å². The quantitative estimate of drug-likeness (QED) is 0.859. The first-order chi connectivity index (χ1) is 8.38. The van der Waals surface area contributed by atoms with Gasteiger partial charge in [0, 0.05) is 19.0 Å². The van der Waals surface area contributed by atoms with Crippen molar-refractivity contribution in [3.8, 4) is 0 Å². The van der Waals surface area contributed by atoms with E-state index in [2.05, 4.69) is 26.0 Å². The topological polar surface area (TPSA) is 75.3 Å². The molecule has 0 saturated carbocycles. The van der Waals surface area contributed by atoms with Gasteiger partial charge in [-0.3, -0.25) is 4.79 Å². The molecule has 0 spiro atoms. The van der Waals surface area contributed by atoms with Gasteiger partial charge in [0.05, 0.1) is 3.79 Å². The Balaban J connectivity index is 2.01. The molecule has 2 heterocycles. The molecule has 0 radical (unpaired) electrons. The third-order valence-corrected chi connectivity index (χ3v) is 6.74. The average Bonchev–Trinajstić information content (AvgIpc) is 2.84. The van der Waals surface area contributed by atoms with Gasteiger partial charge >= 0.3 is 0 Å². The molecule has 1 aliphatic heterocycles. The monoisotopic (exact) mass is 352 g/mol. The Kier molecular flexibility index (Phi) is 4.10. The van der Waals surface area contributed by atoms with Crippen LogP contribution in [-0.2, 0) is 14.8 Å². The maximum atomic E-state index is 12.0. The smallest absolute Gasteiger partial charge is 0.250 e. The predicted octanol–water partition coefficient (Wildman–Crippen LogP) is 1.38. The molecule has 0 bridgehead atoms. The lowest BCUT2D eigenvalue weighted by Gasteiger charge is -2.10. The van der Waals surface area contributed by atoms with Crippen molar-refractivity contribution in [2.24, 2.45) is 0 Å². The maximum Gasteiger partial charge on any atom is 0.250 e. The van der Waals surface area contributed by atoms with Gasteiger partial charge < -0.3 is 5.32 Å². The molecule has 18 heavy (non-hydrogen) atoms. The van der Waals surface area contributed by atoms with Crippen LogP contribution in [0.4, 0.5) is 0 Å². The molecule has 1 saturated heterocycles. The third kappa shape index (κ3) is 3.11. The number of hydrogen-bond acceptors (Lipinski definition) is 4. The summed E-state index contributed by atoms with van der Waals surface area (Å²) in [6.07, 6.45) is 1.14. The summed E-state index contributed by atoms with van der Waals surface area (Å²) >= 11 is 4.49. The Morgan fingerprint density at radius 1 is 1.61 bits per heavy atom. The minimum atomic E-state index is -3.48. The Labute approximate surface area is 118 Å². The zero-order chi connectivity index (χ0) is 13.3. The normalized spacial score (nSPS) is 20.1. The number of nitrogens with one attached hydrogen (secondary N) is 2. The Bertz CT molecular complexity index is 548. The van der Waals surface area contributed by atoms with Gasteiger partial charge in [0.25, 0.3) is 0 Å². The SMILES string of the molecule is Cc1cc(S(=O)(=O)NCC2CCC(=O)N2)sc1Br. The Morgan fingerprint density at radius 2 is 2.33 bits per heavy atom. The van der Waals surface area contributed by atoms with Crippen molar-refractivity contribution in [2.75, 3.05) is 6.54 Å². The van der Waals surface area contributed by atoms with Crippen LogP contribution < -0.4 is 10.0 Å². The predicted molar refractivity (Wildman–Crippen MR) is 73.1 cm³/mol. The van der Waals surface area contributed by atoms with E-state index in [1.165, 1.54) is 11.3 Å². The van der Waals surface area contributed by atoms with Crippen molar-refractivity contribution < 1.29 is 13.2 Å². The number of carbonyl (C=O) groups is 1. The summed E-state index contributed by atoms with van der Waals surface area (Å²) in [6.45, 7) is 2.08. The fraction of sp³-hybridized carbons (Fsp3) is 0.500. The summed E-state index contributed by atoms with van der Waals surface area (Å²) in [5.41, 5.74) is 0.898. The summed E-state index contributed by atoms with van der Waals surface area (Å²) in [4.78, 5) is 11.0. The van der Waals surface area contributed by atoms with E-state index in [4.69, 9.17) is 0 Å². The number of rotatable bonds is 4. The number of aryl methyl sites for hydroxylation is 1. The van der Waals surface area contributed by atoms with Crippen LogP contribution in [0.5, 0.6) is 0 Å². The lowest BCUT2D eigenvalue weighted by Crippen LogP contribution is -2.38. The van der Waals surface area contributed by atoms with Crippen LogP contribution in [0.15, 0.2) is 14.1 Å². The molecule has 2 N–H and O–H groups in total.